The van der Waals surface area contributed by atoms with E-state index in [0.29, 0.717) is 12.8 Å². The van der Waals surface area contributed by atoms with Gasteiger partial charge in [-0.3, -0.25) is 9.00 Å². The maximum atomic E-state index is 13.0. The fourth-order valence-electron chi connectivity index (χ4n) is 3.58. The Kier molecular flexibility index (Phi) is 4.20. The van der Waals surface area contributed by atoms with Gasteiger partial charge in [-0.25, -0.2) is 8.78 Å². The molecule has 0 amide bonds. The number of rotatable bonds is 3. The van der Waals surface area contributed by atoms with Gasteiger partial charge in [0.25, 0.3) is 6.43 Å². The Morgan fingerprint density at radius 3 is 2.38 bits per heavy atom. The van der Waals surface area contributed by atoms with E-state index >= 15 is 0 Å². The smallest absolute Gasteiger partial charge is 0.264 e. The van der Waals surface area contributed by atoms with Crippen LogP contribution in [-0.4, -0.2) is 20.5 Å². The molecule has 2 aliphatic heterocycles. The lowest BCUT2D eigenvalue weighted by Gasteiger charge is -2.37. The Balaban J connectivity index is 1.85. The van der Waals surface area contributed by atoms with Crippen molar-refractivity contribution in [3.63, 3.8) is 0 Å². The van der Waals surface area contributed by atoms with E-state index in [1.165, 1.54) is 18.2 Å². The van der Waals surface area contributed by atoms with E-state index in [1.54, 1.807) is 6.07 Å². The van der Waals surface area contributed by atoms with Gasteiger partial charge < -0.3 is 0 Å². The lowest BCUT2D eigenvalue weighted by Crippen LogP contribution is -2.41. The number of ketones is 1. The van der Waals surface area contributed by atoms with Gasteiger partial charge in [-0.15, -0.1) is 0 Å². The highest BCUT2D eigenvalue weighted by atomic mass is 32.2. The first kappa shape index (κ1) is 14.8. The molecule has 2 heterocycles. The molecule has 114 valence electrons. The second kappa shape index (κ2) is 5.95. The second-order valence-electron chi connectivity index (χ2n) is 5.92. The molecule has 0 radical (unpaired) electrons. The number of Topliss-reactive ketones (excluding diaryl/α,β-unsaturated/α-hetero) is 1. The predicted molar refractivity (Wildman–Crippen MR) is 78.0 cm³/mol. The van der Waals surface area contributed by atoms with Crippen molar-refractivity contribution in [2.45, 2.75) is 49.0 Å². The third-order valence-electron chi connectivity index (χ3n) is 4.64. The number of benzene rings is 1. The number of carbonyl (C=O) groups is 1. The first-order valence-electron chi connectivity index (χ1n) is 7.38. The second-order valence-corrected chi connectivity index (χ2v) is 7.91. The minimum absolute atomic E-state index is 0.0742. The lowest BCUT2D eigenvalue weighted by atomic mass is 9.83. The molecule has 5 heteroatoms. The highest BCUT2D eigenvalue weighted by Crippen LogP contribution is 2.39. The van der Waals surface area contributed by atoms with Crippen LogP contribution in [0.5, 0.6) is 0 Å². The van der Waals surface area contributed by atoms with E-state index in [0.717, 1.165) is 19.3 Å². The molecule has 1 aromatic rings. The molecule has 3 rings (SSSR count). The van der Waals surface area contributed by atoms with E-state index in [1.807, 2.05) is 0 Å². The van der Waals surface area contributed by atoms with Crippen LogP contribution in [0.15, 0.2) is 24.3 Å². The van der Waals surface area contributed by atoms with Gasteiger partial charge in [0, 0.05) is 38.3 Å². The molecule has 0 spiro atoms. The van der Waals surface area contributed by atoms with Crippen LogP contribution < -0.4 is 0 Å². The molecule has 1 aromatic carbocycles. The van der Waals surface area contributed by atoms with Gasteiger partial charge in [0.1, 0.15) is 0 Å². The highest BCUT2D eigenvalue weighted by molar-refractivity contribution is 7.86. The van der Waals surface area contributed by atoms with Crippen LogP contribution in [0, 0.1) is 5.92 Å². The first-order chi connectivity index (χ1) is 10.1. The summed E-state index contributed by atoms with van der Waals surface area (Å²) < 4.78 is 38.3. The van der Waals surface area contributed by atoms with E-state index in [-0.39, 0.29) is 33.3 Å². The summed E-state index contributed by atoms with van der Waals surface area (Å²) in [5.41, 5.74) is -0.0392. The van der Waals surface area contributed by atoms with Gasteiger partial charge >= 0.3 is 0 Å². The van der Waals surface area contributed by atoms with Crippen molar-refractivity contribution in [1.29, 1.82) is 0 Å². The van der Waals surface area contributed by atoms with Gasteiger partial charge in [0.2, 0.25) is 0 Å². The van der Waals surface area contributed by atoms with Crippen LogP contribution in [-0.2, 0) is 10.8 Å². The molecule has 2 fully saturated rings. The molecule has 21 heavy (non-hydrogen) atoms. The molecular weight excluding hydrogens is 294 g/mol. The molecule has 0 aromatic heterocycles. The van der Waals surface area contributed by atoms with Gasteiger partial charge in [-0.1, -0.05) is 30.7 Å². The Morgan fingerprint density at radius 2 is 1.76 bits per heavy atom. The summed E-state index contributed by atoms with van der Waals surface area (Å²) in [7, 11) is -0.844. The van der Waals surface area contributed by atoms with Crippen molar-refractivity contribution in [1.82, 2.24) is 0 Å². The molecule has 2 aliphatic rings. The molecule has 2 atom stereocenters. The SMILES string of the molecule is O=C(c1ccccc1C(F)F)C1CC2CCCC(C1)S2=O. The Morgan fingerprint density at radius 1 is 1.14 bits per heavy atom. The summed E-state index contributed by atoms with van der Waals surface area (Å²) in [5, 5.41) is 0.148. The highest BCUT2D eigenvalue weighted by Gasteiger charge is 2.41. The fourth-order valence-corrected chi connectivity index (χ4v) is 5.77. The Bertz CT molecular complexity index is 557. The van der Waals surface area contributed by atoms with Crippen molar-refractivity contribution >= 4 is 16.6 Å². The Labute approximate surface area is 125 Å². The molecule has 0 aliphatic carbocycles. The summed E-state index contributed by atoms with van der Waals surface area (Å²) >= 11 is 0. The topological polar surface area (TPSA) is 34.1 Å². The average molecular weight is 312 g/mol. The predicted octanol–water partition coefficient (Wildman–Crippen LogP) is 3.89. The quantitative estimate of drug-likeness (QED) is 0.794. The molecule has 0 N–H and O–H groups in total. The third-order valence-corrected chi connectivity index (χ3v) is 6.81. The summed E-state index contributed by atoms with van der Waals surface area (Å²) in [6, 6.07) is 5.97. The van der Waals surface area contributed by atoms with E-state index in [4.69, 9.17) is 0 Å². The number of carbonyl (C=O) groups excluding carboxylic acids is 1. The monoisotopic (exact) mass is 312 g/mol. The molecule has 2 saturated heterocycles. The van der Waals surface area contributed by atoms with Crippen LogP contribution in [0.4, 0.5) is 8.78 Å². The van der Waals surface area contributed by atoms with Gasteiger partial charge in [0.05, 0.1) is 0 Å². The molecule has 2 unspecified atom stereocenters. The maximum absolute atomic E-state index is 13.0. The summed E-state index contributed by atoms with van der Waals surface area (Å²) in [6.45, 7) is 0. The van der Waals surface area contributed by atoms with Crippen LogP contribution >= 0.6 is 0 Å². The summed E-state index contributed by atoms with van der Waals surface area (Å²) in [4.78, 5) is 12.6. The van der Waals surface area contributed by atoms with Gasteiger partial charge in [-0.05, 0) is 25.7 Å². The zero-order valence-corrected chi connectivity index (χ0v) is 12.5. The number of alkyl halides is 2. The normalized spacial score (nSPS) is 32.1. The van der Waals surface area contributed by atoms with Crippen LogP contribution in [0.3, 0.4) is 0 Å². The van der Waals surface area contributed by atoms with E-state index < -0.39 is 17.2 Å². The van der Waals surface area contributed by atoms with Crippen LogP contribution in [0.1, 0.15) is 54.5 Å². The first-order valence-corrected chi connectivity index (χ1v) is 8.66. The molecular formula is C16H18F2O2S. The van der Waals surface area contributed by atoms with Crippen molar-refractivity contribution in [3.8, 4) is 0 Å². The average Bonchev–Trinajstić information content (AvgIpc) is 2.46. The number of fused-ring (bicyclic) bond motifs is 2. The minimum Gasteiger partial charge on any atom is -0.294 e. The van der Waals surface area contributed by atoms with Gasteiger partial charge in [-0.2, -0.15) is 0 Å². The minimum atomic E-state index is -2.64. The van der Waals surface area contributed by atoms with E-state index in [2.05, 4.69) is 0 Å². The molecule has 2 nitrogen and oxygen atoms in total. The van der Waals surface area contributed by atoms with Crippen molar-refractivity contribution in [3.05, 3.63) is 35.4 Å². The standard InChI is InChI=1S/C16H18F2O2S/c17-16(18)14-7-2-1-6-13(14)15(19)10-8-11-4-3-5-12(9-10)21(11)20/h1-2,6-7,10-12,16H,3-5,8-9H2. The van der Waals surface area contributed by atoms with E-state index in [9.17, 15) is 17.8 Å². The number of hydrogen-bond acceptors (Lipinski definition) is 2. The molecule has 0 saturated carbocycles. The van der Waals surface area contributed by atoms with Crippen LogP contribution in [0.2, 0.25) is 0 Å². The zero-order chi connectivity index (χ0) is 15.0. The summed E-state index contributed by atoms with van der Waals surface area (Å²) in [6.07, 6.45) is 1.38. The largest absolute Gasteiger partial charge is 0.294 e. The zero-order valence-electron chi connectivity index (χ0n) is 11.6. The summed E-state index contributed by atoms with van der Waals surface area (Å²) in [5.74, 6) is -0.447. The molecule has 2 bridgehead atoms. The maximum Gasteiger partial charge on any atom is 0.264 e. The van der Waals surface area contributed by atoms with Crippen molar-refractivity contribution < 1.29 is 17.8 Å². The lowest BCUT2D eigenvalue weighted by molar-refractivity contribution is 0.0882. The third kappa shape index (κ3) is 2.80. The Hall–Kier alpha value is -1.10. The van der Waals surface area contributed by atoms with Gasteiger partial charge in [0.15, 0.2) is 5.78 Å². The number of hydrogen-bond donors (Lipinski definition) is 0. The van der Waals surface area contributed by atoms with Crippen molar-refractivity contribution in [2.24, 2.45) is 5.92 Å². The van der Waals surface area contributed by atoms with Crippen molar-refractivity contribution in [2.75, 3.05) is 0 Å². The fraction of sp³-hybridized carbons (Fsp3) is 0.562. The van der Waals surface area contributed by atoms with Crippen LogP contribution in [0.25, 0.3) is 0 Å². The number of halogens is 2.